The first-order valence-electron chi connectivity index (χ1n) is 8.56. The van der Waals surface area contributed by atoms with Crippen LogP contribution in [0.1, 0.15) is 12.0 Å². The lowest BCUT2D eigenvalue weighted by Crippen LogP contribution is -2.28. The topological polar surface area (TPSA) is 67.9 Å². The second-order valence-electron chi connectivity index (χ2n) is 6.33. The van der Waals surface area contributed by atoms with Crippen LogP contribution in [0.4, 0.5) is 5.69 Å². The van der Waals surface area contributed by atoms with Gasteiger partial charge in [0.15, 0.2) is 0 Å². The van der Waals surface area contributed by atoms with Gasteiger partial charge in [-0.1, -0.05) is 29.8 Å². The molecule has 1 aliphatic rings. The van der Waals surface area contributed by atoms with Crippen LogP contribution < -0.4 is 14.8 Å². The van der Waals surface area contributed by atoms with E-state index >= 15 is 0 Å². The highest BCUT2D eigenvalue weighted by molar-refractivity contribution is 6.32. The Kier molecular flexibility index (Phi) is 5.86. The van der Waals surface area contributed by atoms with Crippen LogP contribution in [0.25, 0.3) is 0 Å². The predicted molar refractivity (Wildman–Crippen MR) is 103 cm³/mol. The third kappa shape index (κ3) is 4.34. The second-order valence-corrected chi connectivity index (χ2v) is 6.73. The zero-order valence-corrected chi connectivity index (χ0v) is 16.0. The molecule has 1 aliphatic heterocycles. The normalized spacial score (nSPS) is 16.3. The zero-order valence-electron chi connectivity index (χ0n) is 15.2. The number of ether oxygens (including phenoxy) is 2. The summed E-state index contributed by atoms with van der Waals surface area (Å²) in [6, 6.07) is 12.6. The van der Waals surface area contributed by atoms with E-state index in [4.69, 9.17) is 21.1 Å². The van der Waals surface area contributed by atoms with Crippen molar-refractivity contribution in [1.29, 1.82) is 0 Å². The minimum atomic E-state index is -0.409. The molecule has 0 saturated carbocycles. The Labute approximate surface area is 163 Å². The average molecular weight is 389 g/mol. The van der Waals surface area contributed by atoms with Crippen molar-refractivity contribution in [2.24, 2.45) is 5.92 Å². The van der Waals surface area contributed by atoms with Crippen molar-refractivity contribution >= 4 is 29.1 Å². The third-order valence-electron chi connectivity index (χ3n) is 4.56. The van der Waals surface area contributed by atoms with Crippen LogP contribution in [-0.4, -0.2) is 37.5 Å². The Morgan fingerprint density at radius 1 is 1.19 bits per heavy atom. The molecule has 6 nitrogen and oxygen atoms in total. The molecule has 1 fully saturated rings. The van der Waals surface area contributed by atoms with Gasteiger partial charge in [-0.25, -0.2) is 0 Å². The Morgan fingerprint density at radius 2 is 1.93 bits per heavy atom. The van der Waals surface area contributed by atoms with Gasteiger partial charge >= 0.3 is 0 Å². The van der Waals surface area contributed by atoms with Crippen molar-refractivity contribution < 1.29 is 19.1 Å². The highest BCUT2D eigenvalue weighted by Crippen LogP contribution is 2.29. The molecule has 2 aromatic carbocycles. The van der Waals surface area contributed by atoms with Gasteiger partial charge in [-0.3, -0.25) is 9.59 Å². The SMILES string of the molecule is COc1ccc(NC(=O)C2CC(=O)N(Cc3ccccc3OC)C2)cc1Cl. The highest BCUT2D eigenvalue weighted by atomic mass is 35.5. The minimum Gasteiger partial charge on any atom is -0.496 e. The van der Waals surface area contributed by atoms with E-state index in [0.29, 0.717) is 29.5 Å². The van der Waals surface area contributed by atoms with Crippen LogP contribution in [0.15, 0.2) is 42.5 Å². The number of para-hydroxylation sites is 1. The van der Waals surface area contributed by atoms with Gasteiger partial charge in [0.2, 0.25) is 11.8 Å². The molecule has 1 saturated heterocycles. The molecule has 1 unspecified atom stereocenters. The lowest BCUT2D eigenvalue weighted by molar-refractivity contribution is -0.128. The largest absolute Gasteiger partial charge is 0.496 e. The summed E-state index contributed by atoms with van der Waals surface area (Å²) >= 11 is 6.09. The molecule has 3 rings (SSSR count). The number of rotatable bonds is 6. The van der Waals surface area contributed by atoms with E-state index in [1.807, 2.05) is 24.3 Å². The maximum absolute atomic E-state index is 12.6. The van der Waals surface area contributed by atoms with E-state index in [0.717, 1.165) is 11.3 Å². The molecule has 2 aromatic rings. The molecule has 0 aliphatic carbocycles. The van der Waals surface area contributed by atoms with Crippen LogP contribution in [0, 0.1) is 5.92 Å². The lowest BCUT2D eigenvalue weighted by atomic mass is 10.1. The number of likely N-dealkylation sites (tertiary alicyclic amines) is 1. The summed E-state index contributed by atoms with van der Waals surface area (Å²) in [4.78, 5) is 26.6. The quantitative estimate of drug-likeness (QED) is 0.824. The number of amides is 2. The molecule has 1 N–H and O–H groups in total. The fourth-order valence-electron chi connectivity index (χ4n) is 3.13. The van der Waals surface area contributed by atoms with Crippen molar-refractivity contribution in [3.05, 3.63) is 53.1 Å². The van der Waals surface area contributed by atoms with Crippen molar-refractivity contribution in [3.63, 3.8) is 0 Å². The fraction of sp³-hybridized carbons (Fsp3) is 0.300. The van der Waals surface area contributed by atoms with Crippen molar-refractivity contribution in [2.75, 3.05) is 26.1 Å². The Hall–Kier alpha value is -2.73. The van der Waals surface area contributed by atoms with Gasteiger partial charge in [0.05, 0.1) is 25.2 Å². The fourth-order valence-corrected chi connectivity index (χ4v) is 3.39. The van der Waals surface area contributed by atoms with Crippen LogP contribution in [0.2, 0.25) is 5.02 Å². The number of hydrogen-bond acceptors (Lipinski definition) is 4. The zero-order chi connectivity index (χ0) is 19.4. The van der Waals surface area contributed by atoms with Gasteiger partial charge in [0.25, 0.3) is 0 Å². The molecule has 1 heterocycles. The molecule has 2 amide bonds. The second kappa shape index (κ2) is 8.31. The first-order chi connectivity index (χ1) is 13.0. The Morgan fingerprint density at radius 3 is 2.63 bits per heavy atom. The molecular weight excluding hydrogens is 368 g/mol. The number of halogens is 1. The molecule has 27 heavy (non-hydrogen) atoms. The number of nitrogens with one attached hydrogen (secondary N) is 1. The summed E-state index contributed by atoms with van der Waals surface area (Å²) in [5, 5.41) is 3.23. The summed E-state index contributed by atoms with van der Waals surface area (Å²) in [7, 11) is 3.13. The molecule has 1 atom stereocenters. The predicted octanol–water partition coefficient (Wildman–Crippen LogP) is 3.34. The van der Waals surface area contributed by atoms with Crippen LogP contribution in [-0.2, 0) is 16.1 Å². The maximum Gasteiger partial charge on any atom is 0.229 e. The lowest BCUT2D eigenvalue weighted by Gasteiger charge is -2.18. The third-order valence-corrected chi connectivity index (χ3v) is 4.85. The Bertz CT molecular complexity index is 856. The van der Waals surface area contributed by atoms with Crippen molar-refractivity contribution in [1.82, 2.24) is 4.90 Å². The maximum atomic E-state index is 12.6. The number of hydrogen-bond donors (Lipinski definition) is 1. The van der Waals surface area contributed by atoms with E-state index in [2.05, 4.69) is 5.32 Å². The van der Waals surface area contributed by atoms with Gasteiger partial charge in [-0.2, -0.15) is 0 Å². The number of carbonyl (C=O) groups excluding carboxylic acids is 2. The van der Waals surface area contributed by atoms with E-state index in [9.17, 15) is 9.59 Å². The summed E-state index contributed by atoms with van der Waals surface area (Å²) in [6.45, 7) is 0.785. The smallest absolute Gasteiger partial charge is 0.229 e. The van der Waals surface area contributed by atoms with E-state index in [1.54, 1.807) is 30.2 Å². The van der Waals surface area contributed by atoms with E-state index in [1.165, 1.54) is 7.11 Å². The summed E-state index contributed by atoms with van der Waals surface area (Å²) < 4.78 is 10.4. The van der Waals surface area contributed by atoms with Gasteiger partial charge < -0.3 is 19.7 Å². The Balaban J connectivity index is 1.64. The molecular formula is C20H21ClN2O4. The minimum absolute atomic E-state index is 0.0474. The number of methoxy groups -OCH3 is 2. The number of carbonyl (C=O) groups is 2. The van der Waals surface area contributed by atoms with Crippen molar-refractivity contribution in [2.45, 2.75) is 13.0 Å². The van der Waals surface area contributed by atoms with E-state index in [-0.39, 0.29) is 18.2 Å². The summed E-state index contributed by atoms with van der Waals surface area (Å²) in [6.07, 6.45) is 0.185. The summed E-state index contributed by atoms with van der Waals surface area (Å²) in [5.41, 5.74) is 1.48. The molecule has 142 valence electrons. The summed E-state index contributed by atoms with van der Waals surface area (Å²) in [5.74, 6) is 0.605. The van der Waals surface area contributed by atoms with Gasteiger partial charge in [0.1, 0.15) is 11.5 Å². The molecule has 7 heteroatoms. The highest BCUT2D eigenvalue weighted by Gasteiger charge is 2.34. The molecule has 0 aromatic heterocycles. The van der Waals surface area contributed by atoms with Gasteiger partial charge in [0, 0.05) is 30.8 Å². The average Bonchev–Trinajstić information content (AvgIpc) is 3.03. The first kappa shape index (κ1) is 19.0. The number of benzene rings is 2. The number of anilines is 1. The molecule has 0 bridgehead atoms. The molecule has 0 spiro atoms. The molecule has 0 radical (unpaired) electrons. The van der Waals surface area contributed by atoms with Crippen molar-refractivity contribution in [3.8, 4) is 11.5 Å². The first-order valence-corrected chi connectivity index (χ1v) is 8.93. The monoisotopic (exact) mass is 388 g/mol. The van der Waals surface area contributed by atoms with Gasteiger partial charge in [-0.05, 0) is 24.3 Å². The van der Waals surface area contributed by atoms with Crippen LogP contribution in [0.5, 0.6) is 11.5 Å². The number of nitrogens with zero attached hydrogens (tertiary/aromatic N) is 1. The standard InChI is InChI=1S/C20H21ClN2O4/c1-26-17-6-4-3-5-13(17)11-23-12-14(9-19(23)24)20(25)22-15-7-8-18(27-2)16(21)10-15/h3-8,10,14H,9,11-12H2,1-2H3,(H,22,25). The van der Waals surface area contributed by atoms with Crippen LogP contribution in [0.3, 0.4) is 0 Å². The van der Waals surface area contributed by atoms with Gasteiger partial charge in [-0.15, -0.1) is 0 Å². The van der Waals surface area contributed by atoms with E-state index < -0.39 is 5.92 Å². The van der Waals surface area contributed by atoms with Crippen LogP contribution >= 0.6 is 11.6 Å².